The van der Waals surface area contributed by atoms with E-state index in [4.69, 9.17) is 27.7 Å². The van der Waals surface area contributed by atoms with Crippen LogP contribution in [0.4, 0.5) is 4.39 Å². The first-order chi connectivity index (χ1) is 14.6. The molecule has 0 atom stereocenters. The van der Waals surface area contributed by atoms with Crippen molar-refractivity contribution < 1.29 is 8.91 Å². The molecule has 0 bridgehead atoms. The van der Waals surface area contributed by atoms with Gasteiger partial charge in [-0.1, -0.05) is 52.6 Å². The summed E-state index contributed by atoms with van der Waals surface area (Å²) in [5.41, 5.74) is 4.56. The van der Waals surface area contributed by atoms with Crippen LogP contribution in [-0.2, 0) is 13.1 Å². The molecule has 3 heterocycles. The van der Waals surface area contributed by atoms with Crippen molar-refractivity contribution in [1.82, 2.24) is 15.0 Å². The molecule has 30 heavy (non-hydrogen) atoms. The van der Waals surface area contributed by atoms with Crippen molar-refractivity contribution in [1.29, 1.82) is 0 Å². The van der Waals surface area contributed by atoms with Crippen molar-refractivity contribution in [3.63, 3.8) is 0 Å². The summed E-state index contributed by atoms with van der Waals surface area (Å²) < 4.78 is 19.7. The van der Waals surface area contributed by atoms with Crippen LogP contribution < -0.4 is 0 Å². The van der Waals surface area contributed by atoms with E-state index in [-0.39, 0.29) is 5.82 Å². The smallest absolute Gasteiger partial charge is 0.156 e. The van der Waals surface area contributed by atoms with E-state index in [9.17, 15) is 4.39 Å². The van der Waals surface area contributed by atoms with Crippen molar-refractivity contribution in [2.24, 2.45) is 0 Å². The predicted octanol–water partition coefficient (Wildman–Crippen LogP) is 6.77. The molecule has 0 spiro atoms. The first kappa shape index (κ1) is 19.0. The van der Waals surface area contributed by atoms with Gasteiger partial charge in [0.05, 0.1) is 23.8 Å². The van der Waals surface area contributed by atoms with Crippen LogP contribution in [0.1, 0.15) is 17.0 Å². The number of H-pyrrole nitrogens is 1. The van der Waals surface area contributed by atoms with E-state index in [1.807, 2.05) is 42.6 Å². The van der Waals surface area contributed by atoms with Gasteiger partial charge in [-0.05, 0) is 30.3 Å². The third kappa shape index (κ3) is 3.51. The molecule has 0 saturated carbocycles. The summed E-state index contributed by atoms with van der Waals surface area (Å²) in [4.78, 5) is 5.36. The first-order valence-electron chi connectivity index (χ1n) is 9.37. The van der Waals surface area contributed by atoms with Gasteiger partial charge in [-0.3, -0.25) is 0 Å². The lowest BCUT2D eigenvalue weighted by atomic mass is 10.1. The maximum atomic E-state index is 14.2. The highest BCUT2D eigenvalue weighted by Crippen LogP contribution is 2.37. The molecule has 4 aromatic rings. The average Bonchev–Trinajstić information content (AvgIpc) is 3.34. The average molecular weight is 440 g/mol. The lowest BCUT2D eigenvalue weighted by Gasteiger charge is -2.22. The third-order valence-electron chi connectivity index (χ3n) is 5.07. The van der Waals surface area contributed by atoms with Crippen LogP contribution >= 0.6 is 23.2 Å². The fraction of sp³-hybridized carbons (Fsp3) is 0.0870. The van der Waals surface area contributed by atoms with Gasteiger partial charge in [0.1, 0.15) is 11.5 Å². The summed E-state index contributed by atoms with van der Waals surface area (Å²) in [6, 6.07) is 16.0. The van der Waals surface area contributed by atoms with E-state index in [0.29, 0.717) is 34.4 Å². The molecule has 0 saturated heterocycles. The maximum Gasteiger partial charge on any atom is 0.156 e. The summed E-state index contributed by atoms with van der Waals surface area (Å²) in [6.07, 6.45) is 3.89. The number of aromatic amines is 1. The summed E-state index contributed by atoms with van der Waals surface area (Å²) in [5, 5.41) is 5.35. The summed E-state index contributed by atoms with van der Waals surface area (Å²) in [6.45, 7) is 1.14. The van der Waals surface area contributed by atoms with Gasteiger partial charge >= 0.3 is 0 Å². The van der Waals surface area contributed by atoms with Crippen LogP contribution in [0.5, 0.6) is 0 Å². The Morgan fingerprint density at radius 1 is 1.10 bits per heavy atom. The molecule has 7 heteroatoms. The zero-order valence-electron chi connectivity index (χ0n) is 15.7. The quantitative estimate of drug-likeness (QED) is 0.381. The minimum Gasteiger partial charge on any atom is -0.364 e. The van der Waals surface area contributed by atoms with Crippen molar-refractivity contribution in [3.8, 4) is 22.5 Å². The van der Waals surface area contributed by atoms with Crippen molar-refractivity contribution >= 4 is 29.3 Å². The van der Waals surface area contributed by atoms with Crippen LogP contribution in [0, 0.1) is 5.82 Å². The largest absolute Gasteiger partial charge is 0.364 e. The Kier molecular flexibility index (Phi) is 4.85. The fourth-order valence-corrected chi connectivity index (χ4v) is 4.03. The van der Waals surface area contributed by atoms with E-state index in [2.05, 4.69) is 15.0 Å². The van der Waals surface area contributed by atoms with Crippen LogP contribution in [-0.4, -0.2) is 15.0 Å². The highest BCUT2D eigenvalue weighted by molar-refractivity contribution is 6.35. The fourth-order valence-electron chi connectivity index (χ4n) is 3.58. The number of nitrogens with zero attached hydrogens (tertiary/aromatic N) is 2. The number of rotatable bonds is 4. The summed E-state index contributed by atoms with van der Waals surface area (Å²) >= 11 is 12.5. The van der Waals surface area contributed by atoms with E-state index in [1.54, 1.807) is 18.2 Å². The Labute approximate surface area is 182 Å². The molecule has 4 nitrogen and oxygen atoms in total. The normalized spacial score (nSPS) is 13.0. The van der Waals surface area contributed by atoms with E-state index >= 15 is 0 Å². The highest BCUT2D eigenvalue weighted by Gasteiger charge is 2.22. The minimum absolute atomic E-state index is 0.310. The molecule has 2 aromatic heterocycles. The van der Waals surface area contributed by atoms with Crippen LogP contribution in [0.2, 0.25) is 10.0 Å². The molecule has 2 aromatic carbocycles. The summed E-state index contributed by atoms with van der Waals surface area (Å²) in [7, 11) is 0. The van der Waals surface area contributed by atoms with E-state index in [1.165, 1.54) is 6.07 Å². The second-order valence-electron chi connectivity index (χ2n) is 7.09. The zero-order valence-corrected chi connectivity index (χ0v) is 17.2. The Bertz CT molecular complexity index is 1240. The Morgan fingerprint density at radius 2 is 1.90 bits per heavy atom. The minimum atomic E-state index is -0.310. The predicted molar refractivity (Wildman–Crippen MR) is 116 cm³/mol. The second kappa shape index (κ2) is 7.67. The highest BCUT2D eigenvalue weighted by atomic mass is 35.5. The van der Waals surface area contributed by atoms with Crippen LogP contribution in [0.25, 0.3) is 28.6 Å². The summed E-state index contributed by atoms with van der Waals surface area (Å²) in [5.74, 6) is 0.426. The van der Waals surface area contributed by atoms with Gasteiger partial charge in [-0.15, -0.1) is 0 Å². The topological polar surface area (TPSA) is 45.1 Å². The number of hydrogen-bond acceptors (Lipinski definition) is 3. The zero-order chi connectivity index (χ0) is 20.7. The first-order valence-corrected chi connectivity index (χ1v) is 10.1. The molecule has 1 aliphatic rings. The van der Waals surface area contributed by atoms with Crippen molar-refractivity contribution in [3.05, 3.63) is 93.7 Å². The van der Waals surface area contributed by atoms with E-state index in [0.717, 1.165) is 28.3 Å². The molecule has 1 N–H and O–H groups in total. The molecule has 0 unspecified atom stereocenters. The van der Waals surface area contributed by atoms with Gasteiger partial charge in [0.15, 0.2) is 5.76 Å². The van der Waals surface area contributed by atoms with Gasteiger partial charge in [-0.25, -0.2) is 4.39 Å². The molecule has 150 valence electrons. The van der Waals surface area contributed by atoms with Gasteiger partial charge in [-0.2, -0.15) is 0 Å². The monoisotopic (exact) mass is 439 g/mol. The van der Waals surface area contributed by atoms with Crippen molar-refractivity contribution in [2.75, 3.05) is 0 Å². The Morgan fingerprint density at radius 3 is 2.70 bits per heavy atom. The van der Waals surface area contributed by atoms with Crippen molar-refractivity contribution in [2.45, 2.75) is 13.1 Å². The Hall–Kier alpha value is -3.02. The molecular weight excluding hydrogens is 424 g/mol. The number of aromatic nitrogens is 2. The number of hydrogen-bond donors (Lipinski definition) is 1. The third-order valence-corrected chi connectivity index (χ3v) is 5.72. The van der Waals surface area contributed by atoms with Gasteiger partial charge < -0.3 is 14.4 Å². The van der Waals surface area contributed by atoms with Crippen LogP contribution in [0.15, 0.2) is 65.3 Å². The molecule has 0 aliphatic carbocycles. The molecule has 0 radical (unpaired) electrons. The number of benzene rings is 2. The maximum absolute atomic E-state index is 14.2. The Balaban J connectivity index is 1.35. The number of nitrogens with one attached hydrogen (secondary N) is 1. The van der Waals surface area contributed by atoms with Gasteiger partial charge in [0.2, 0.25) is 0 Å². The van der Waals surface area contributed by atoms with E-state index < -0.39 is 0 Å². The number of fused-ring (bicyclic) bond motifs is 1. The molecule has 1 aliphatic heterocycles. The molecule has 0 fully saturated rings. The number of halogens is 3. The van der Waals surface area contributed by atoms with Gasteiger partial charge in [0.25, 0.3) is 0 Å². The lowest BCUT2D eigenvalue weighted by Crippen LogP contribution is -2.19. The molecular formula is C23H16Cl2FN3O. The SMILES string of the molecule is Fc1ccccc1-c1[nH]c2c(c1Cl)C=CN(Cc1cc(-c3ccc(Cl)cc3)no1)C2. The second-order valence-corrected chi connectivity index (χ2v) is 7.91. The standard InChI is InChI=1S/C23H16Cl2FN3O/c24-15-7-5-14(6-8-15)20-11-16(30-28-20)12-29-10-9-18-21(13-29)27-23(22(18)25)17-3-1-2-4-19(17)26/h1-11,27H,12-13H2. The van der Waals surface area contributed by atoms with Gasteiger partial charge in [0, 0.05) is 39.7 Å². The molecule has 5 rings (SSSR count). The molecule has 0 amide bonds. The lowest BCUT2D eigenvalue weighted by molar-refractivity contribution is 0.290. The van der Waals surface area contributed by atoms with Crippen LogP contribution in [0.3, 0.4) is 0 Å².